The fourth-order valence-corrected chi connectivity index (χ4v) is 5.07. The van der Waals surface area contributed by atoms with Gasteiger partial charge in [0, 0.05) is 35.1 Å². The number of rotatable bonds is 4. The second kappa shape index (κ2) is 7.91. The number of hydrogen-bond acceptors (Lipinski definition) is 7. The Morgan fingerprint density at radius 2 is 2.07 bits per heavy atom. The molecular formula is C20H22ClN5OS. The van der Waals surface area contributed by atoms with Gasteiger partial charge in [-0.1, -0.05) is 11.6 Å². The average Bonchev–Trinajstić information content (AvgIpc) is 3.40. The highest BCUT2D eigenvalue weighted by molar-refractivity contribution is 7.09. The maximum Gasteiger partial charge on any atom is 0.145 e. The van der Waals surface area contributed by atoms with Gasteiger partial charge in [-0.3, -0.25) is 4.90 Å². The zero-order valence-corrected chi connectivity index (χ0v) is 17.1. The molecular weight excluding hydrogens is 394 g/mol. The number of anilines is 1. The summed E-state index contributed by atoms with van der Waals surface area (Å²) in [6.45, 7) is 4.91. The zero-order chi connectivity index (χ0) is 18.9. The first kappa shape index (κ1) is 18.2. The van der Waals surface area contributed by atoms with Crippen LogP contribution in [0.1, 0.15) is 29.7 Å². The van der Waals surface area contributed by atoms with Gasteiger partial charge in [0.2, 0.25) is 0 Å². The van der Waals surface area contributed by atoms with Crippen molar-refractivity contribution in [2.45, 2.75) is 25.4 Å². The summed E-state index contributed by atoms with van der Waals surface area (Å²) in [5.41, 5.74) is 0.945. The van der Waals surface area contributed by atoms with E-state index in [9.17, 15) is 0 Å². The highest BCUT2D eigenvalue weighted by atomic mass is 35.5. The maximum absolute atomic E-state index is 6.27. The molecule has 3 aromatic rings. The van der Waals surface area contributed by atoms with Gasteiger partial charge in [0.05, 0.1) is 31.3 Å². The third kappa shape index (κ3) is 3.59. The summed E-state index contributed by atoms with van der Waals surface area (Å²) >= 11 is 8.00. The Balaban J connectivity index is 1.50. The summed E-state index contributed by atoms with van der Waals surface area (Å²) in [4.78, 5) is 19.1. The second-order valence-electron chi connectivity index (χ2n) is 7.22. The molecule has 0 saturated carbocycles. The van der Waals surface area contributed by atoms with Crippen molar-refractivity contribution in [3.8, 4) is 0 Å². The molecule has 146 valence electrons. The Hall–Kier alpha value is -1.80. The van der Waals surface area contributed by atoms with E-state index in [1.54, 1.807) is 11.3 Å². The van der Waals surface area contributed by atoms with Crippen molar-refractivity contribution < 1.29 is 4.74 Å². The Labute approximate surface area is 173 Å². The van der Waals surface area contributed by atoms with Crippen molar-refractivity contribution in [2.24, 2.45) is 0 Å². The zero-order valence-electron chi connectivity index (χ0n) is 15.6. The molecule has 0 amide bonds. The molecule has 2 fully saturated rings. The molecule has 6 nitrogen and oxygen atoms in total. The summed E-state index contributed by atoms with van der Waals surface area (Å²) in [5, 5.41) is 4.97. The molecule has 2 saturated heterocycles. The molecule has 0 N–H and O–H groups in total. The van der Waals surface area contributed by atoms with Gasteiger partial charge in [-0.25, -0.2) is 15.0 Å². The SMILES string of the molecule is Clc1ccc2nc(CN3CCCC3c3nccs3)nc(N3CCOCC3)c2c1. The lowest BCUT2D eigenvalue weighted by molar-refractivity contribution is 0.122. The van der Waals surface area contributed by atoms with E-state index >= 15 is 0 Å². The number of nitrogens with zero attached hydrogens (tertiary/aromatic N) is 5. The van der Waals surface area contributed by atoms with Gasteiger partial charge < -0.3 is 9.64 Å². The number of morpholine rings is 1. The van der Waals surface area contributed by atoms with Gasteiger partial charge in [-0.2, -0.15) is 0 Å². The van der Waals surface area contributed by atoms with Gasteiger partial charge in [0.15, 0.2) is 0 Å². The average molecular weight is 416 g/mol. The first-order valence-corrected chi connectivity index (χ1v) is 11.0. The summed E-state index contributed by atoms with van der Waals surface area (Å²) < 4.78 is 5.53. The molecule has 4 heterocycles. The van der Waals surface area contributed by atoms with Crippen molar-refractivity contribution in [3.63, 3.8) is 0 Å². The minimum atomic E-state index is 0.372. The smallest absolute Gasteiger partial charge is 0.145 e. The first-order valence-electron chi connectivity index (χ1n) is 9.70. The van der Waals surface area contributed by atoms with E-state index in [0.29, 0.717) is 11.1 Å². The number of hydrogen-bond donors (Lipinski definition) is 0. The molecule has 0 radical (unpaired) electrons. The van der Waals surface area contributed by atoms with Crippen molar-refractivity contribution in [1.82, 2.24) is 19.9 Å². The van der Waals surface area contributed by atoms with Crippen LogP contribution in [-0.2, 0) is 11.3 Å². The predicted molar refractivity (Wildman–Crippen MR) is 112 cm³/mol. The summed E-state index contributed by atoms with van der Waals surface area (Å²) in [6, 6.07) is 6.24. The van der Waals surface area contributed by atoms with Crippen molar-refractivity contribution in [3.05, 3.63) is 45.6 Å². The van der Waals surface area contributed by atoms with Crippen molar-refractivity contribution >= 4 is 39.7 Å². The predicted octanol–water partition coefficient (Wildman–Crippen LogP) is 3.91. The number of aromatic nitrogens is 3. The van der Waals surface area contributed by atoms with E-state index < -0.39 is 0 Å². The number of fused-ring (bicyclic) bond motifs is 1. The molecule has 2 aromatic heterocycles. The molecule has 8 heteroatoms. The second-order valence-corrected chi connectivity index (χ2v) is 8.59. The summed E-state index contributed by atoms with van der Waals surface area (Å²) in [6.07, 6.45) is 4.22. The Morgan fingerprint density at radius 3 is 2.89 bits per heavy atom. The maximum atomic E-state index is 6.27. The lowest BCUT2D eigenvalue weighted by Crippen LogP contribution is -2.37. The largest absolute Gasteiger partial charge is 0.378 e. The van der Waals surface area contributed by atoms with Crippen LogP contribution < -0.4 is 4.90 Å². The van der Waals surface area contributed by atoms with E-state index in [2.05, 4.69) is 20.2 Å². The van der Waals surface area contributed by atoms with E-state index in [4.69, 9.17) is 26.3 Å². The van der Waals surface area contributed by atoms with E-state index in [0.717, 1.165) is 68.4 Å². The lowest BCUT2D eigenvalue weighted by atomic mass is 10.2. The molecule has 0 bridgehead atoms. The van der Waals surface area contributed by atoms with Crippen LogP contribution >= 0.6 is 22.9 Å². The van der Waals surface area contributed by atoms with Gasteiger partial charge in [0.25, 0.3) is 0 Å². The molecule has 2 aliphatic rings. The molecule has 1 atom stereocenters. The highest BCUT2D eigenvalue weighted by Crippen LogP contribution is 2.34. The number of ether oxygens (including phenoxy) is 1. The number of halogens is 1. The number of likely N-dealkylation sites (tertiary alicyclic amines) is 1. The summed E-state index contributed by atoms with van der Waals surface area (Å²) in [7, 11) is 0. The Morgan fingerprint density at radius 1 is 1.18 bits per heavy atom. The van der Waals surface area contributed by atoms with Gasteiger partial charge in [-0.05, 0) is 37.6 Å². The molecule has 5 rings (SSSR count). The monoisotopic (exact) mass is 415 g/mol. The van der Waals surface area contributed by atoms with Gasteiger partial charge in [0.1, 0.15) is 16.6 Å². The van der Waals surface area contributed by atoms with E-state index in [-0.39, 0.29) is 0 Å². The van der Waals surface area contributed by atoms with Crippen LogP contribution in [-0.4, -0.2) is 52.7 Å². The summed E-state index contributed by atoms with van der Waals surface area (Å²) in [5.74, 6) is 1.83. The third-order valence-electron chi connectivity index (χ3n) is 5.44. The minimum Gasteiger partial charge on any atom is -0.378 e. The quantitative estimate of drug-likeness (QED) is 0.643. The molecule has 1 aromatic carbocycles. The molecule has 2 aliphatic heterocycles. The van der Waals surface area contributed by atoms with Crippen LogP contribution in [0.3, 0.4) is 0 Å². The molecule has 0 aliphatic carbocycles. The van der Waals surface area contributed by atoms with Crippen LogP contribution in [0.25, 0.3) is 10.9 Å². The van der Waals surface area contributed by atoms with Crippen molar-refractivity contribution in [2.75, 3.05) is 37.7 Å². The standard InChI is InChI=1S/C20H22ClN5OS/c21-14-3-4-16-15(12-14)19(25-7-9-27-10-8-25)24-18(23-16)13-26-6-1-2-17(26)20-22-5-11-28-20/h3-5,11-12,17H,1-2,6-10,13H2. The van der Waals surface area contributed by atoms with Crippen LogP contribution in [0.4, 0.5) is 5.82 Å². The third-order valence-corrected chi connectivity index (χ3v) is 6.55. The van der Waals surface area contributed by atoms with E-state index in [1.807, 2.05) is 24.4 Å². The number of thiazole rings is 1. The van der Waals surface area contributed by atoms with Crippen LogP contribution in [0.2, 0.25) is 5.02 Å². The van der Waals surface area contributed by atoms with Gasteiger partial charge in [-0.15, -0.1) is 11.3 Å². The van der Waals surface area contributed by atoms with E-state index in [1.165, 1.54) is 11.4 Å². The molecule has 1 unspecified atom stereocenters. The number of benzene rings is 1. The minimum absolute atomic E-state index is 0.372. The fourth-order valence-electron chi connectivity index (χ4n) is 4.09. The van der Waals surface area contributed by atoms with Crippen molar-refractivity contribution in [1.29, 1.82) is 0 Å². The molecule has 0 spiro atoms. The molecule has 28 heavy (non-hydrogen) atoms. The highest BCUT2D eigenvalue weighted by Gasteiger charge is 2.29. The Kier molecular flexibility index (Phi) is 5.15. The first-order chi connectivity index (χ1) is 13.8. The van der Waals surface area contributed by atoms with Crippen LogP contribution in [0, 0.1) is 0 Å². The fraction of sp³-hybridized carbons (Fsp3) is 0.450. The van der Waals surface area contributed by atoms with Crippen LogP contribution in [0.15, 0.2) is 29.8 Å². The normalized spacial score (nSPS) is 20.9. The Bertz CT molecular complexity index is 961. The van der Waals surface area contributed by atoms with Crippen LogP contribution in [0.5, 0.6) is 0 Å². The lowest BCUT2D eigenvalue weighted by Gasteiger charge is -2.29. The topological polar surface area (TPSA) is 54.4 Å². The van der Waals surface area contributed by atoms with Gasteiger partial charge >= 0.3 is 0 Å².